The molecule has 1 unspecified atom stereocenters. The molecule has 156 valence electrons. The second kappa shape index (κ2) is 8.64. The van der Waals surface area contributed by atoms with Gasteiger partial charge in [0.25, 0.3) is 0 Å². The number of benzene rings is 4. The number of pyridine rings is 1. The van der Waals surface area contributed by atoms with E-state index >= 15 is 0 Å². The third-order valence-corrected chi connectivity index (χ3v) is 7.19. The number of allylic oxidation sites excluding steroid dienone is 1. The second-order valence-corrected chi connectivity index (χ2v) is 9.57. The summed E-state index contributed by atoms with van der Waals surface area (Å²) >= 11 is 1.91. The van der Waals surface area contributed by atoms with E-state index in [1.165, 1.54) is 26.8 Å². The second-order valence-electron chi connectivity index (χ2n) is 8.22. The van der Waals surface area contributed by atoms with Crippen LogP contribution in [0.3, 0.4) is 0 Å². The fourth-order valence-electron chi connectivity index (χ4n) is 4.11. The summed E-state index contributed by atoms with van der Waals surface area (Å²) in [6, 6.07) is 34.3. The molecule has 0 bridgehead atoms. The molecule has 1 atom stereocenters. The summed E-state index contributed by atoms with van der Waals surface area (Å²) in [5.41, 5.74) is 6.79. The van der Waals surface area contributed by atoms with Crippen LogP contribution in [0.1, 0.15) is 30.2 Å². The zero-order valence-electron chi connectivity index (χ0n) is 18.4. The van der Waals surface area contributed by atoms with E-state index in [1.54, 1.807) is 0 Å². The number of para-hydroxylation sites is 1. The SMILES string of the molecule is C=C(C)c1ccc2ccc(-c3ccc4ccccc4n3)cc2c1SC(C)c1ccccc1. The highest BCUT2D eigenvalue weighted by Gasteiger charge is 2.15. The molecule has 0 amide bonds. The monoisotopic (exact) mass is 431 g/mol. The fourth-order valence-corrected chi connectivity index (χ4v) is 5.43. The van der Waals surface area contributed by atoms with Gasteiger partial charge in [0.05, 0.1) is 11.2 Å². The van der Waals surface area contributed by atoms with Gasteiger partial charge in [-0.2, -0.15) is 0 Å². The summed E-state index contributed by atoms with van der Waals surface area (Å²) < 4.78 is 0. The standard InChI is InChI=1S/C30H25NS/c1-20(2)26-17-15-23-13-14-25(29-18-16-24-11-7-8-12-28(24)31-29)19-27(23)30(26)32-21(3)22-9-5-4-6-10-22/h4-19,21H,1H2,2-3H3. The largest absolute Gasteiger partial charge is 0.248 e. The zero-order chi connectivity index (χ0) is 22.1. The summed E-state index contributed by atoms with van der Waals surface area (Å²) in [6.45, 7) is 8.63. The van der Waals surface area contributed by atoms with Gasteiger partial charge < -0.3 is 0 Å². The Balaban J connectivity index is 1.65. The summed E-state index contributed by atoms with van der Waals surface area (Å²) in [6.07, 6.45) is 0. The Morgan fingerprint density at radius 3 is 2.34 bits per heavy atom. The van der Waals surface area contributed by atoms with Crippen molar-refractivity contribution in [1.82, 2.24) is 4.98 Å². The smallest absolute Gasteiger partial charge is 0.0709 e. The Kier molecular flexibility index (Phi) is 5.55. The first-order valence-electron chi connectivity index (χ1n) is 10.9. The van der Waals surface area contributed by atoms with E-state index in [9.17, 15) is 0 Å². The van der Waals surface area contributed by atoms with Gasteiger partial charge in [-0.3, -0.25) is 0 Å². The number of hydrogen-bond donors (Lipinski definition) is 0. The van der Waals surface area contributed by atoms with Crippen molar-refractivity contribution in [1.29, 1.82) is 0 Å². The van der Waals surface area contributed by atoms with Crippen molar-refractivity contribution in [2.24, 2.45) is 0 Å². The Bertz CT molecular complexity index is 1440. The van der Waals surface area contributed by atoms with Gasteiger partial charge in [0.15, 0.2) is 0 Å². The van der Waals surface area contributed by atoms with E-state index in [4.69, 9.17) is 4.98 Å². The van der Waals surface area contributed by atoms with E-state index in [-0.39, 0.29) is 0 Å². The van der Waals surface area contributed by atoms with Crippen molar-refractivity contribution in [3.8, 4) is 11.3 Å². The van der Waals surface area contributed by atoms with Crippen molar-refractivity contribution >= 4 is 39.0 Å². The predicted octanol–water partition coefficient (Wildman–Crippen LogP) is 8.94. The molecule has 0 radical (unpaired) electrons. The molecule has 2 heteroatoms. The van der Waals surface area contributed by atoms with Crippen molar-refractivity contribution in [3.63, 3.8) is 0 Å². The first kappa shape index (κ1) is 20.5. The molecule has 1 aromatic heterocycles. The van der Waals surface area contributed by atoms with Gasteiger partial charge in [-0.15, -0.1) is 11.8 Å². The topological polar surface area (TPSA) is 12.9 Å². The lowest BCUT2D eigenvalue weighted by Gasteiger charge is -2.18. The molecular weight excluding hydrogens is 406 g/mol. The van der Waals surface area contributed by atoms with Crippen LogP contribution in [0.5, 0.6) is 0 Å². The molecule has 0 fully saturated rings. The lowest BCUT2D eigenvalue weighted by molar-refractivity contribution is 1.10. The van der Waals surface area contributed by atoms with Crippen LogP contribution in [0.4, 0.5) is 0 Å². The molecule has 0 spiro atoms. The molecule has 4 aromatic carbocycles. The van der Waals surface area contributed by atoms with Gasteiger partial charge in [0, 0.05) is 21.1 Å². The molecule has 0 saturated heterocycles. The summed E-state index contributed by atoms with van der Waals surface area (Å²) in [4.78, 5) is 6.21. The molecule has 5 aromatic rings. The van der Waals surface area contributed by atoms with E-state index in [0.29, 0.717) is 5.25 Å². The lowest BCUT2D eigenvalue weighted by Crippen LogP contribution is -1.93. The van der Waals surface area contributed by atoms with Crippen molar-refractivity contribution in [2.45, 2.75) is 24.0 Å². The van der Waals surface area contributed by atoms with E-state index in [0.717, 1.165) is 27.7 Å². The Labute approximate surface area is 193 Å². The first-order chi connectivity index (χ1) is 15.6. The van der Waals surface area contributed by atoms with Gasteiger partial charge in [0.2, 0.25) is 0 Å². The number of thioether (sulfide) groups is 1. The Morgan fingerprint density at radius 2 is 1.53 bits per heavy atom. The van der Waals surface area contributed by atoms with Gasteiger partial charge >= 0.3 is 0 Å². The highest BCUT2D eigenvalue weighted by Crippen LogP contribution is 2.43. The maximum absolute atomic E-state index is 4.92. The normalized spacial score (nSPS) is 12.2. The molecule has 0 aliphatic carbocycles. The highest BCUT2D eigenvalue weighted by atomic mass is 32.2. The van der Waals surface area contributed by atoms with Gasteiger partial charge in [-0.25, -0.2) is 4.98 Å². The average Bonchev–Trinajstić information content (AvgIpc) is 2.84. The van der Waals surface area contributed by atoms with Crippen LogP contribution in [0, 0.1) is 0 Å². The third-order valence-electron chi connectivity index (χ3n) is 5.89. The molecule has 1 heterocycles. The van der Waals surface area contributed by atoms with Crippen LogP contribution in [0.2, 0.25) is 0 Å². The molecule has 0 N–H and O–H groups in total. The molecule has 1 nitrogen and oxygen atoms in total. The van der Waals surface area contributed by atoms with Crippen LogP contribution in [0.25, 0.3) is 38.5 Å². The molecule has 0 aliphatic heterocycles. The predicted molar refractivity (Wildman–Crippen MR) is 140 cm³/mol. The lowest BCUT2D eigenvalue weighted by atomic mass is 9.99. The minimum Gasteiger partial charge on any atom is -0.248 e. The molecular formula is C30H25NS. The zero-order valence-corrected chi connectivity index (χ0v) is 19.2. The highest BCUT2D eigenvalue weighted by molar-refractivity contribution is 7.99. The minimum atomic E-state index is 0.336. The van der Waals surface area contributed by atoms with Crippen LogP contribution in [-0.2, 0) is 0 Å². The first-order valence-corrected chi connectivity index (χ1v) is 11.8. The van der Waals surface area contributed by atoms with Crippen LogP contribution in [0.15, 0.2) is 109 Å². The molecule has 0 aliphatic rings. The maximum Gasteiger partial charge on any atom is 0.0709 e. The Morgan fingerprint density at radius 1 is 0.812 bits per heavy atom. The van der Waals surface area contributed by atoms with Crippen molar-refractivity contribution in [2.75, 3.05) is 0 Å². The van der Waals surface area contributed by atoms with Crippen LogP contribution >= 0.6 is 11.8 Å². The average molecular weight is 432 g/mol. The van der Waals surface area contributed by atoms with Crippen molar-refractivity contribution in [3.05, 3.63) is 115 Å². The molecule has 0 saturated carbocycles. The Hall–Kier alpha value is -3.36. The number of rotatable bonds is 5. The van der Waals surface area contributed by atoms with Crippen LogP contribution < -0.4 is 0 Å². The third kappa shape index (κ3) is 3.94. The molecule has 32 heavy (non-hydrogen) atoms. The minimum absolute atomic E-state index is 0.336. The summed E-state index contributed by atoms with van der Waals surface area (Å²) in [5, 5.41) is 3.99. The number of aromatic nitrogens is 1. The quantitative estimate of drug-likeness (QED) is 0.258. The molecule has 5 rings (SSSR count). The number of hydrogen-bond acceptors (Lipinski definition) is 2. The van der Waals surface area contributed by atoms with Gasteiger partial charge in [-0.1, -0.05) is 85.4 Å². The van der Waals surface area contributed by atoms with Crippen LogP contribution in [-0.4, -0.2) is 4.98 Å². The fraction of sp³-hybridized carbons (Fsp3) is 0.100. The number of fused-ring (bicyclic) bond motifs is 2. The van der Waals surface area contributed by atoms with E-state index in [1.807, 2.05) is 17.8 Å². The van der Waals surface area contributed by atoms with E-state index < -0.39 is 0 Å². The van der Waals surface area contributed by atoms with E-state index in [2.05, 4.69) is 111 Å². The van der Waals surface area contributed by atoms with Gasteiger partial charge in [0.1, 0.15) is 0 Å². The summed E-state index contributed by atoms with van der Waals surface area (Å²) in [5.74, 6) is 0. The maximum atomic E-state index is 4.92. The summed E-state index contributed by atoms with van der Waals surface area (Å²) in [7, 11) is 0. The van der Waals surface area contributed by atoms with Crippen molar-refractivity contribution < 1.29 is 0 Å². The number of nitrogens with zero attached hydrogens (tertiary/aromatic N) is 1. The van der Waals surface area contributed by atoms with Gasteiger partial charge in [-0.05, 0) is 59.5 Å².